The van der Waals surface area contributed by atoms with E-state index in [1.54, 1.807) is 41.3 Å². The summed E-state index contributed by atoms with van der Waals surface area (Å²) in [7, 11) is -1.41. The fourth-order valence-corrected chi connectivity index (χ4v) is 5.12. The summed E-state index contributed by atoms with van der Waals surface area (Å²) in [4.78, 5) is 11.2. The minimum Gasteiger partial charge on any atom is -0.496 e. The smallest absolute Gasteiger partial charge is 0.407 e. The first kappa shape index (κ1) is 28.2. The number of amides is 1. The second kappa shape index (κ2) is 12.4. The van der Waals surface area contributed by atoms with Gasteiger partial charge in [0.05, 0.1) is 39.5 Å². The SMILES string of the molecule is CCc1ccc(OCCC#N)c(S(=O)(=O)Nc2noc3cc(Cn4cc(CNC(=O)OC)cn4)cc(OC)c23)c1. The van der Waals surface area contributed by atoms with Crippen LogP contribution in [0.25, 0.3) is 11.0 Å². The van der Waals surface area contributed by atoms with Gasteiger partial charge in [-0.05, 0) is 41.8 Å². The number of hydrogen-bond acceptors (Lipinski definition) is 10. The van der Waals surface area contributed by atoms with Crippen LogP contribution in [0.5, 0.6) is 11.5 Å². The third-order valence-electron chi connectivity index (χ3n) is 5.88. The van der Waals surface area contributed by atoms with Crippen molar-refractivity contribution in [2.45, 2.75) is 37.8 Å². The Balaban J connectivity index is 1.60. The zero-order valence-corrected chi connectivity index (χ0v) is 22.9. The van der Waals surface area contributed by atoms with Crippen LogP contribution in [0.3, 0.4) is 0 Å². The fourth-order valence-electron chi connectivity index (χ4n) is 3.92. The van der Waals surface area contributed by atoms with Crippen LogP contribution in [0.2, 0.25) is 0 Å². The topological polar surface area (TPSA) is 171 Å². The van der Waals surface area contributed by atoms with Crippen molar-refractivity contribution in [1.29, 1.82) is 5.26 Å². The number of rotatable bonds is 12. The van der Waals surface area contributed by atoms with Gasteiger partial charge in [0.15, 0.2) is 11.4 Å². The third kappa shape index (κ3) is 6.44. The molecule has 0 spiro atoms. The number of aromatic nitrogens is 3. The van der Waals surface area contributed by atoms with Crippen molar-refractivity contribution in [3.8, 4) is 17.6 Å². The van der Waals surface area contributed by atoms with E-state index in [-0.39, 0.29) is 36.0 Å². The van der Waals surface area contributed by atoms with Gasteiger partial charge in [-0.25, -0.2) is 13.2 Å². The first-order chi connectivity index (χ1) is 19.3. The molecule has 0 saturated carbocycles. The number of nitrogens with one attached hydrogen (secondary N) is 2. The Bertz CT molecular complexity index is 1660. The number of sulfonamides is 1. The summed E-state index contributed by atoms with van der Waals surface area (Å²) in [6.45, 7) is 2.56. The summed E-state index contributed by atoms with van der Waals surface area (Å²) in [5, 5.41) is 20.0. The number of hydrogen-bond donors (Lipinski definition) is 2. The largest absolute Gasteiger partial charge is 0.496 e. The molecule has 2 N–H and O–H groups in total. The van der Waals surface area contributed by atoms with Crippen molar-refractivity contribution < 1.29 is 31.9 Å². The summed E-state index contributed by atoms with van der Waals surface area (Å²) in [6, 6.07) is 10.3. The molecule has 2 aromatic heterocycles. The lowest BCUT2D eigenvalue weighted by atomic mass is 10.1. The molecule has 0 saturated heterocycles. The highest BCUT2D eigenvalue weighted by Crippen LogP contribution is 2.36. The average molecular weight is 569 g/mol. The highest BCUT2D eigenvalue weighted by atomic mass is 32.2. The van der Waals surface area contributed by atoms with E-state index < -0.39 is 16.1 Å². The van der Waals surface area contributed by atoms with Gasteiger partial charge < -0.3 is 24.1 Å². The molecule has 2 heterocycles. The number of nitrogens with zero attached hydrogens (tertiary/aromatic N) is 4. The van der Waals surface area contributed by atoms with E-state index in [1.807, 2.05) is 13.0 Å². The molecule has 1 amide bonds. The third-order valence-corrected chi connectivity index (χ3v) is 7.24. The van der Waals surface area contributed by atoms with E-state index in [2.05, 4.69) is 25.0 Å². The molecular weight excluding hydrogens is 540 g/mol. The summed E-state index contributed by atoms with van der Waals surface area (Å²) >= 11 is 0. The number of alkyl carbamates (subject to hydrolysis) is 1. The van der Waals surface area contributed by atoms with Crippen molar-refractivity contribution in [1.82, 2.24) is 20.3 Å². The summed E-state index contributed by atoms with van der Waals surface area (Å²) in [5.41, 5.74) is 2.63. The van der Waals surface area contributed by atoms with Crippen molar-refractivity contribution >= 4 is 32.9 Å². The van der Waals surface area contributed by atoms with Gasteiger partial charge in [-0.2, -0.15) is 10.4 Å². The van der Waals surface area contributed by atoms with Crippen molar-refractivity contribution in [3.63, 3.8) is 0 Å². The van der Waals surface area contributed by atoms with E-state index in [1.165, 1.54) is 20.3 Å². The number of carbonyl (C=O) groups excluding carboxylic acids is 1. The van der Waals surface area contributed by atoms with E-state index in [4.69, 9.17) is 19.3 Å². The van der Waals surface area contributed by atoms with Crippen LogP contribution in [-0.4, -0.2) is 50.3 Å². The van der Waals surface area contributed by atoms with Crippen LogP contribution in [0, 0.1) is 11.3 Å². The number of methoxy groups -OCH3 is 2. The summed E-state index contributed by atoms with van der Waals surface area (Å²) < 4.78 is 52.3. The number of aryl methyl sites for hydroxylation is 1. The number of ether oxygens (including phenoxy) is 3. The highest BCUT2D eigenvalue weighted by molar-refractivity contribution is 7.92. The molecule has 2 aromatic carbocycles. The molecule has 0 aliphatic heterocycles. The molecule has 0 aliphatic rings. The number of anilines is 1. The molecule has 0 fully saturated rings. The molecule has 13 nitrogen and oxygen atoms in total. The second-order valence-electron chi connectivity index (χ2n) is 8.59. The molecule has 0 aliphatic carbocycles. The van der Waals surface area contributed by atoms with Crippen LogP contribution in [0.4, 0.5) is 10.6 Å². The Labute approximate surface area is 230 Å². The molecule has 4 aromatic rings. The molecule has 0 bridgehead atoms. The minimum absolute atomic E-state index is 0.0430. The molecule has 210 valence electrons. The van der Waals surface area contributed by atoms with Gasteiger partial charge in [-0.3, -0.25) is 9.40 Å². The number of nitriles is 1. The Morgan fingerprint density at radius 1 is 1.15 bits per heavy atom. The zero-order valence-electron chi connectivity index (χ0n) is 22.1. The van der Waals surface area contributed by atoms with Gasteiger partial charge in [0.25, 0.3) is 10.0 Å². The quantitative estimate of drug-likeness (QED) is 0.241. The average Bonchev–Trinajstić information content (AvgIpc) is 3.57. The molecule has 4 rings (SSSR count). The first-order valence-electron chi connectivity index (χ1n) is 12.2. The number of fused-ring (bicyclic) bond motifs is 1. The monoisotopic (exact) mass is 568 g/mol. The van der Waals surface area contributed by atoms with E-state index in [0.717, 1.165) is 16.7 Å². The second-order valence-corrected chi connectivity index (χ2v) is 10.2. The lowest BCUT2D eigenvalue weighted by Gasteiger charge is -2.13. The van der Waals surface area contributed by atoms with E-state index in [0.29, 0.717) is 29.7 Å². The molecule has 14 heteroatoms. The lowest BCUT2D eigenvalue weighted by molar-refractivity contribution is 0.170. The first-order valence-corrected chi connectivity index (χ1v) is 13.7. The van der Waals surface area contributed by atoms with Crippen LogP contribution < -0.4 is 19.5 Å². The van der Waals surface area contributed by atoms with Crippen LogP contribution >= 0.6 is 0 Å². The number of benzene rings is 2. The minimum atomic E-state index is -4.16. The van der Waals surface area contributed by atoms with Crippen LogP contribution in [-0.2, 0) is 34.3 Å². The Morgan fingerprint density at radius 3 is 2.70 bits per heavy atom. The Morgan fingerprint density at radius 2 is 1.98 bits per heavy atom. The normalized spacial score (nSPS) is 11.2. The lowest BCUT2D eigenvalue weighted by Crippen LogP contribution is -2.21. The van der Waals surface area contributed by atoms with E-state index in [9.17, 15) is 13.2 Å². The number of carbonyl (C=O) groups is 1. The maximum absolute atomic E-state index is 13.5. The molecular formula is C26H28N6O7S. The predicted octanol–water partition coefficient (Wildman–Crippen LogP) is 3.59. The van der Waals surface area contributed by atoms with Gasteiger partial charge in [0, 0.05) is 18.3 Å². The molecule has 0 radical (unpaired) electrons. The summed E-state index contributed by atoms with van der Waals surface area (Å²) in [5.74, 6) is 0.430. The van der Waals surface area contributed by atoms with Crippen molar-refractivity contribution in [2.75, 3.05) is 25.5 Å². The highest BCUT2D eigenvalue weighted by Gasteiger charge is 2.25. The summed E-state index contributed by atoms with van der Waals surface area (Å²) in [6.07, 6.45) is 3.58. The van der Waals surface area contributed by atoms with Crippen molar-refractivity contribution in [2.24, 2.45) is 0 Å². The van der Waals surface area contributed by atoms with Gasteiger partial charge in [-0.1, -0.05) is 18.1 Å². The van der Waals surface area contributed by atoms with Gasteiger partial charge in [0.1, 0.15) is 28.4 Å². The van der Waals surface area contributed by atoms with Gasteiger partial charge >= 0.3 is 6.09 Å². The fraction of sp³-hybridized carbons (Fsp3) is 0.308. The molecule has 40 heavy (non-hydrogen) atoms. The Hall–Kier alpha value is -4.77. The zero-order chi connectivity index (χ0) is 28.7. The maximum atomic E-state index is 13.5. The van der Waals surface area contributed by atoms with Gasteiger partial charge in [-0.15, -0.1) is 0 Å². The standard InChI is InChI=1S/C26H28N6O7S/c1-4-17-6-7-20(38-9-5-8-27)23(12-17)40(34,35)31-25-24-21(36-2)10-18(11-22(24)39-30-25)15-32-16-19(14-29-32)13-28-26(33)37-3/h6-7,10-12,14,16H,4-5,9,13,15H2,1-3H3,(H,28,33)(H,30,31). The van der Waals surface area contributed by atoms with Gasteiger partial charge in [0.2, 0.25) is 0 Å². The molecule has 0 unspecified atom stereocenters. The molecule has 0 atom stereocenters. The predicted molar refractivity (Wildman–Crippen MR) is 143 cm³/mol. The Kier molecular flexibility index (Phi) is 8.75. The van der Waals surface area contributed by atoms with Crippen LogP contribution in [0.15, 0.2) is 52.1 Å². The van der Waals surface area contributed by atoms with E-state index >= 15 is 0 Å². The van der Waals surface area contributed by atoms with Crippen LogP contribution in [0.1, 0.15) is 30.0 Å². The van der Waals surface area contributed by atoms with Crippen molar-refractivity contribution in [3.05, 3.63) is 59.4 Å². The maximum Gasteiger partial charge on any atom is 0.407 e.